The van der Waals surface area contributed by atoms with Crippen molar-refractivity contribution in [1.29, 1.82) is 0 Å². The van der Waals surface area contributed by atoms with Gasteiger partial charge < -0.3 is 4.74 Å². The number of hydrogen-bond acceptors (Lipinski definition) is 3. The molecule has 1 aromatic rings. The molecule has 1 saturated carbocycles. The van der Waals surface area contributed by atoms with Gasteiger partial charge in [0.15, 0.2) is 0 Å². The van der Waals surface area contributed by atoms with Crippen LogP contribution in [-0.4, -0.2) is 17.6 Å². The topological polar surface area (TPSA) is 39.2 Å². The predicted molar refractivity (Wildman–Crippen MR) is 59.0 cm³/mol. The number of carbonyl (C=O) groups is 1. The monoisotopic (exact) mass is 227 g/mol. The second kappa shape index (κ2) is 5.12. The van der Waals surface area contributed by atoms with Gasteiger partial charge in [0.25, 0.3) is 0 Å². The van der Waals surface area contributed by atoms with Crippen LogP contribution in [0.3, 0.4) is 0 Å². The first-order chi connectivity index (χ1) is 6.83. The van der Waals surface area contributed by atoms with Gasteiger partial charge in [0.1, 0.15) is 0 Å². The summed E-state index contributed by atoms with van der Waals surface area (Å²) in [6.45, 7) is 2.31. The third-order valence-electron chi connectivity index (χ3n) is 2.51. The van der Waals surface area contributed by atoms with Crippen molar-refractivity contribution in [2.75, 3.05) is 6.61 Å². The van der Waals surface area contributed by atoms with Crippen LogP contribution in [0.5, 0.6) is 0 Å². The highest BCUT2D eigenvalue weighted by molar-refractivity contribution is 5.85. The Hall–Kier alpha value is -1.09. The van der Waals surface area contributed by atoms with Crippen molar-refractivity contribution in [3.8, 4) is 0 Å². The second-order valence-corrected chi connectivity index (χ2v) is 3.48. The number of rotatable bonds is 3. The van der Waals surface area contributed by atoms with E-state index < -0.39 is 0 Å². The molecule has 0 aromatic carbocycles. The summed E-state index contributed by atoms with van der Waals surface area (Å²) in [7, 11) is 0. The number of carbonyl (C=O) groups excluding carboxylic acids is 1. The zero-order chi connectivity index (χ0) is 9.97. The van der Waals surface area contributed by atoms with Crippen LogP contribution in [0.25, 0.3) is 0 Å². The van der Waals surface area contributed by atoms with E-state index >= 15 is 0 Å². The maximum atomic E-state index is 11.4. The summed E-state index contributed by atoms with van der Waals surface area (Å²) in [6.07, 6.45) is 4.44. The standard InChI is InChI=1S/C11H13NO2.ClH/c1-2-14-11(13)10-7-9(10)8-3-5-12-6-4-8;/h3-6,9-10H,2,7H2,1H3;1H/t9-,10+;/m0./s1. The molecule has 0 saturated heterocycles. The molecule has 0 spiro atoms. The summed E-state index contributed by atoms with van der Waals surface area (Å²) < 4.78 is 4.96. The average Bonchev–Trinajstić information content (AvgIpc) is 2.99. The van der Waals surface area contributed by atoms with Crippen LogP contribution in [0, 0.1) is 5.92 Å². The average molecular weight is 228 g/mol. The zero-order valence-electron chi connectivity index (χ0n) is 8.55. The molecule has 0 radical (unpaired) electrons. The molecule has 0 aliphatic heterocycles. The molecule has 2 atom stereocenters. The molecular formula is C11H14ClNO2. The minimum atomic E-state index is -0.0608. The third-order valence-corrected chi connectivity index (χ3v) is 2.51. The summed E-state index contributed by atoms with van der Waals surface area (Å²) in [5, 5.41) is 0. The molecule has 1 aliphatic rings. The molecule has 82 valence electrons. The van der Waals surface area contributed by atoms with Crippen molar-refractivity contribution in [3.63, 3.8) is 0 Å². The van der Waals surface area contributed by atoms with E-state index in [9.17, 15) is 4.79 Å². The zero-order valence-corrected chi connectivity index (χ0v) is 9.37. The number of aromatic nitrogens is 1. The summed E-state index contributed by atoms with van der Waals surface area (Å²) in [6, 6.07) is 3.92. The van der Waals surface area contributed by atoms with Gasteiger partial charge in [-0.05, 0) is 37.0 Å². The molecular weight excluding hydrogens is 214 g/mol. The predicted octanol–water partition coefficient (Wildman–Crippen LogP) is 2.17. The van der Waals surface area contributed by atoms with Crippen LogP contribution in [-0.2, 0) is 9.53 Å². The molecule has 1 heterocycles. The Labute approximate surface area is 95.3 Å². The molecule has 2 rings (SSSR count). The maximum absolute atomic E-state index is 11.4. The minimum absolute atomic E-state index is 0. The van der Waals surface area contributed by atoms with Crippen molar-refractivity contribution < 1.29 is 9.53 Å². The molecule has 1 aromatic heterocycles. The highest BCUT2D eigenvalue weighted by Gasteiger charge is 2.44. The smallest absolute Gasteiger partial charge is 0.309 e. The van der Waals surface area contributed by atoms with Crippen LogP contribution in [0.1, 0.15) is 24.8 Å². The Balaban J connectivity index is 0.00000112. The number of esters is 1. The van der Waals surface area contributed by atoms with Gasteiger partial charge in [0.2, 0.25) is 0 Å². The van der Waals surface area contributed by atoms with Crippen molar-refractivity contribution in [2.45, 2.75) is 19.3 Å². The van der Waals surface area contributed by atoms with Gasteiger partial charge in [-0.3, -0.25) is 9.78 Å². The van der Waals surface area contributed by atoms with E-state index in [1.54, 1.807) is 12.4 Å². The lowest BCUT2D eigenvalue weighted by Gasteiger charge is -2.00. The molecule has 3 nitrogen and oxygen atoms in total. The Morgan fingerprint density at radius 2 is 2.20 bits per heavy atom. The molecule has 15 heavy (non-hydrogen) atoms. The molecule has 0 amide bonds. The lowest BCUT2D eigenvalue weighted by Crippen LogP contribution is -2.07. The van der Waals surface area contributed by atoms with Crippen molar-refractivity contribution in [3.05, 3.63) is 30.1 Å². The van der Waals surface area contributed by atoms with E-state index in [0.29, 0.717) is 12.5 Å². The van der Waals surface area contributed by atoms with Gasteiger partial charge in [-0.2, -0.15) is 0 Å². The van der Waals surface area contributed by atoms with E-state index in [-0.39, 0.29) is 24.3 Å². The van der Waals surface area contributed by atoms with Gasteiger partial charge in [0.05, 0.1) is 12.5 Å². The largest absolute Gasteiger partial charge is 0.466 e. The number of pyridine rings is 1. The third kappa shape index (κ3) is 2.69. The van der Waals surface area contributed by atoms with Crippen LogP contribution in [0.4, 0.5) is 0 Å². The molecule has 4 heteroatoms. The number of ether oxygens (including phenoxy) is 1. The van der Waals surface area contributed by atoms with Gasteiger partial charge in [0, 0.05) is 12.4 Å². The number of hydrogen-bond donors (Lipinski definition) is 0. The van der Waals surface area contributed by atoms with Crippen molar-refractivity contribution in [2.24, 2.45) is 5.92 Å². The van der Waals surface area contributed by atoms with E-state index in [1.165, 1.54) is 5.56 Å². The molecule has 0 unspecified atom stereocenters. The van der Waals surface area contributed by atoms with E-state index in [0.717, 1.165) is 6.42 Å². The lowest BCUT2D eigenvalue weighted by atomic mass is 10.1. The number of halogens is 1. The fourth-order valence-electron chi connectivity index (χ4n) is 1.68. The van der Waals surface area contributed by atoms with Gasteiger partial charge in [-0.1, -0.05) is 0 Å². The van der Waals surface area contributed by atoms with E-state index in [1.807, 2.05) is 19.1 Å². The first kappa shape index (κ1) is 12.0. The summed E-state index contributed by atoms with van der Waals surface area (Å²) in [5.74, 6) is 0.378. The molecule has 1 aliphatic carbocycles. The van der Waals surface area contributed by atoms with E-state index in [4.69, 9.17) is 4.74 Å². The second-order valence-electron chi connectivity index (χ2n) is 3.48. The highest BCUT2D eigenvalue weighted by Crippen LogP contribution is 2.47. The van der Waals surface area contributed by atoms with E-state index in [2.05, 4.69) is 4.98 Å². The van der Waals surface area contributed by atoms with Crippen LogP contribution < -0.4 is 0 Å². The molecule has 1 fully saturated rings. The first-order valence-corrected chi connectivity index (χ1v) is 4.89. The fraction of sp³-hybridized carbons (Fsp3) is 0.455. The van der Waals surface area contributed by atoms with Crippen molar-refractivity contribution in [1.82, 2.24) is 4.98 Å². The fourth-order valence-corrected chi connectivity index (χ4v) is 1.68. The summed E-state index contributed by atoms with van der Waals surface area (Å²) >= 11 is 0. The maximum Gasteiger partial charge on any atom is 0.309 e. The van der Waals surface area contributed by atoms with Gasteiger partial charge >= 0.3 is 5.97 Å². The molecule has 0 bridgehead atoms. The van der Waals surface area contributed by atoms with Crippen LogP contribution >= 0.6 is 12.4 Å². The summed E-state index contributed by atoms with van der Waals surface area (Å²) in [4.78, 5) is 15.3. The minimum Gasteiger partial charge on any atom is -0.466 e. The number of nitrogens with zero attached hydrogens (tertiary/aromatic N) is 1. The Morgan fingerprint density at radius 1 is 1.53 bits per heavy atom. The van der Waals surface area contributed by atoms with Crippen LogP contribution in [0.2, 0.25) is 0 Å². The Bertz CT molecular complexity index is 329. The first-order valence-electron chi connectivity index (χ1n) is 4.89. The summed E-state index contributed by atoms with van der Waals surface area (Å²) in [5.41, 5.74) is 1.19. The Morgan fingerprint density at radius 3 is 2.80 bits per heavy atom. The van der Waals surface area contributed by atoms with Gasteiger partial charge in [-0.15, -0.1) is 12.4 Å². The van der Waals surface area contributed by atoms with Crippen LogP contribution in [0.15, 0.2) is 24.5 Å². The van der Waals surface area contributed by atoms with Crippen molar-refractivity contribution >= 4 is 18.4 Å². The normalized spacial score (nSPS) is 22.7. The SMILES string of the molecule is CCOC(=O)[C@@H]1C[C@H]1c1ccncc1.Cl. The molecule has 0 N–H and O–H groups in total. The van der Waals surface area contributed by atoms with Gasteiger partial charge in [-0.25, -0.2) is 0 Å². The highest BCUT2D eigenvalue weighted by atomic mass is 35.5. The quantitative estimate of drug-likeness (QED) is 0.743. The lowest BCUT2D eigenvalue weighted by molar-refractivity contribution is -0.144. The Kier molecular flexibility index (Phi) is 4.09.